The second-order valence-electron chi connectivity index (χ2n) is 7.88. The monoisotopic (exact) mass is 431 g/mol. The largest absolute Gasteiger partial charge is 0.354 e. The zero-order valence-corrected chi connectivity index (χ0v) is 17.9. The van der Waals surface area contributed by atoms with Crippen molar-refractivity contribution < 1.29 is 9.72 Å². The zero-order chi connectivity index (χ0) is 22.5. The van der Waals surface area contributed by atoms with Crippen LogP contribution < -0.4 is 10.2 Å². The van der Waals surface area contributed by atoms with Gasteiger partial charge in [0, 0.05) is 49.9 Å². The van der Waals surface area contributed by atoms with Crippen LogP contribution in [-0.4, -0.2) is 46.9 Å². The molecule has 1 saturated heterocycles. The third-order valence-corrected chi connectivity index (χ3v) is 5.56. The van der Waals surface area contributed by atoms with Crippen LogP contribution in [0.1, 0.15) is 21.5 Å². The minimum absolute atomic E-state index is 0.160. The van der Waals surface area contributed by atoms with Gasteiger partial charge in [0.15, 0.2) is 0 Å². The van der Waals surface area contributed by atoms with E-state index in [0.29, 0.717) is 17.8 Å². The number of carbonyl (C=O) groups excluding carboxylic acids is 1. The van der Waals surface area contributed by atoms with Gasteiger partial charge in [-0.3, -0.25) is 19.8 Å². The molecule has 0 aliphatic carbocycles. The Bertz CT molecular complexity index is 1110. The minimum atomic E-state index is -0.325. The molecule has 2 aromatic carbocycles. The number of carbonyl (C=O) groups is 1. The Balaban J connectivity index is 1.32. The van der Waals surface area contributed by atoms with Crippen molar-refractivity contribution in [1.29, 1.82) is 0 Å². The number of aromatic nitrogens is 1. The van der Waals surface area contributed by atoms with Crippen molar-refractivity contribution in [3.63, 3.8) is 0 Å². The van der Waals surface area contributed by atoms with Crippen LogP contribution in [-0.2, 0) is 6.54 Å². The van der Waals surface area contributed by atoms with E-state index in [0.717, 1.165) is 43.1 Å². The molecule has 4 rings (SSSR count). The molecule has 0 atom stereocenters. The molecule has 1 N–H and O–H groups in total. The second-order valence-corrected chi connectivity index (χ2v) is 7.88. The number of benzene rings is 2. The maximum atomic E-state index is 12.4. The van der Waals surface area contributed by atoms with Crippen LogP contribution in [0.25, 0.3) is 0 Å². The van der Waals surface area contributed by atoms with Gasteiger partial charge >= 0.3 is 0 Å². The summed E-state index contributed by atoms with van der Waals surface area (Å²) in [5.74, 6) is 0.691. The number of aryl methyl sites for hydroxylation is 1. The Morgan fingerprint density at radius 2 is 1.84 bits per heavy atom. The number of hydrogen-bond acceptors (Lipinski definition) is 6. The first-order valence-electron chi connectivity index (χ1n) is 10.5. The molecular formula is C24H25N5O3. The highest BCUT2D eigenvalue weighted by Gasteiger charge is 2.21. The van der Waals surface area contributed by atoms with Crippen LogP contribution in [0, 0.1) is 17.0 Å². The molecule has 0 bridgehead atoms. The van der Waals surface area contributed by atoms with E-state index < -0.39 is 0 Å². The number of anilines is 2. The van der Waals surface area contributed by atoms with Gasteiger partial charge in [-0.2, -0.15) is 0 Å². The average Bonchev–Trinajstić information content (AvgIpc) is 2.80. The van der Waals surface area contributed by atoms with Crippen molar-refractivity contribution in [2.24, 2.45) is 0 Å². The molecule has 1 amide bonds. The van der Waals surface area contributed by atoms with E-state index in [1.54, 1.807) is 24.4 Å². The maximum Gasteiger partial charge on any atom is 0.273 e. The molecule has 32 heavy (non-hydrogen) atoms. The lowest BCUT2D eigenvalue weighted by molar-refractivity contribution is -0.385. The molecule has 0 saturated carbocycles. The third kappa shape index (κ3) is 5.09. The number of nitrogens with one attached hydrogen (secondary N) is 1. The Morgan fingerprint density at radius 1 is 1.06 bits per heavy atom. The molecule has 1 aromatic heterocycles. The number of rotatable bonds is 6. The lowest BCUT2D eigenvalue weighted by Gasteiger charge is -2.35. The predicted octanol–water partition coefficient (Wildman–Crippen LogP) is 3.87. The van der Waals surface area contributed by atoms with Gasteiger partial charge in [0.05, 0.1) is 16.8 Å². The molecule has 3 aromatic rings. The molecule has 0 unspecified atom stereocenters. The molecule has 1 aliphatic rings. The summed E-state index contributed by atoms with van der Waals surface area (Å²) in [6.45, 7) is 5.65. The lowest BCUT2D eigenvalue weighted by atomic mass is 10.1. The number of nitro benzene ring substituents is 1. The van der Waals surface area contributed by atoms with Crippen molar-refractivity contribution in [2.75, 3.05) is 36.4 Å². The van der Waals surface area contributed by atoms with E-state index in [1.807, 2.05) is 49.4 Å². The van der Waals surface area contributed by atoms with Crippen LogP contribution in [0.3, 0.4) is 0 Å². The Morgan fingerprint density at radius 3 is 2.53 bits per heavy atom. The molecule has 1 aliphatic heterocycles. The summed E-state index contributed by atoms with van der Waals surface area (Å²) in [6.07, 6.45) is 1.67. The Kier molecular flexibility index (Phi) is 6.42. The van der Waals surface area contributed by atoms with Crippen LogP contribution in [0.15, 0.2) is 66.9 Å². The third-order valence-electron chi connectivity index (χ3n) is 5.56. The standard InChI is InChI=1S/C24H25N5O3/c1-18-5-4-7-19(15-18)24(30)26-21-9-10-23(25-16-21)28-13-11-27(12-14-28)17-20-6-2-3-8-22(20)29(31)32/h2-10,15-16H,11-14,17H2,1H3,(H,26,30). The summed E-state index contributed by atoms with van der Waals surface area (Å²) in [7, 11) is 0. The molecule has 2 heterocycles. The first-order valence-corrected chi connectivity index (χ1v) is 10.5. The van der Waals surface area contributed by atoms with Gasteiger partial charge in [-0.25, -0.2) is 4.98 Å². The fraction of sp³-hybridized carbons (Fsp3) is 0.250. The highest BCUT2D eigenvalue weighted by Crippen LogP contribution is 2.22. The van der Waals surface area contributed by atoms with E-state index in [4.69, 9.17) is 0 Å². The number of hydrogen-bond donors (Lipinski definition) is 1. The fourth-order valence-corrected chi connectivity index (χ4v) is 3.84. The van der Waals surface area contributed by atoms with Crippen molar-refractivity contribution >= 4 is 23.1 Å². The normalized spacial score (nSPS) is 14.2. The molecule has 164 valence electrons. The SMILES string of the molecule is Cc1cccc(C(=O)Nc2ccc(N3CCN(Cc4ccccc4[N+](=O)[O-])CC3)nc2)c1. The van der Waals surface area contributed by atoms with E-state index in [9.17, 15) is 14.9 Å². The molecule has 0 radical (unpaired) electrons. The topological polar surface area (TPSA) is 91.6 Å². The molecule has 1 fully saturated rings. The van der Waals surface area contributed by atoms with Crippen molar-refractivity contribution in [3.8, 4) is 0 Å². The Hall–Kier alpha value is -3.78. The lowest BCUT2D eigenvalue weighted by Crippen LogP contribution is -2.46. The van der Waals surface area contributed by atoms with Crippen molar-refractivity contribution in [1.82, 2.24) is 9.88 Å². The second kappa shape index (κ2) is 9.57. The first kappa shape index (κ1) is 21.5. The number of piperazine rings is 1. The van der Waals surface area contributed by atoms with Gasteiger partial charge in [-0.1, -0.05) is 35.9 Å². The molecule has 0 spiro atoms. The fourth-order valence-electron chi connectivity index (χ4n) is 3.84. The maximum absolute atomic E-state index is 12.4. The van der Waals surface area contributed by atoms with E-state index in [1.165, 1.54) is 0 Å². The highest BCUT2D eigenvalue weighted by atomic mass is 16.6. The van der Waals surface area contributed by atoms with Gasteiger partial charge in [-0.15, -0.1) is 0 Å². The molecular weight excluding hydrogens is 406 g/mol. The van der Waals surface area contributed by atoms with Gasteiger partial charge in [0.2, 0.25) is 0 Å². The van der Waals surface area contributed by atoms with E-state index in [2.05, 4.69) is 20.1 Å². The number of amides is 1. The van der Waals surface area contributed by atoms with E-state index in [-0.39, 0.29) is 16.5 Å². The van der Waals surface area contributed by atoms with E-state index >= 15 is 0 Å². The minimum Gasteiger partial charge on any atom is -0.354 e. The predicted molar refractivity (Wildman–Crippen MR) is 124 cm³/mol. The summed E-state index contributed by atoms with van der Waals surface area (Å²) in [6, 6.07) is 18.1. The van der Waals surface area contributed by atoms with Gasteiger partial charge < -0.3 is 10.2 Å². The number of para-hydroxylation sites is 1. The van der Waals surface area contributed by atoms with Crippen molar-refractivity contribution in [2.45, 2.75) is 13.5 Å². The van der Waals surface area contributed by atoms with Gasteiger partial charge in [0.25, 0.3) is 11.6 Å². The first-order chi connectivity index (χ1) is 15.5. The summed E-state index contributed by atoms with van der Waals surface area (Å²) >= 11 is 0. The molecule has 8 heteroatoms. The van der Waals surface area contributed by atoms with Crippen LogP contribution in [0.2, 0.25) is 0 Å². The average molecular weight is 431 g/mol. The van der Waals surface area contributed by atoms with Gasteiger partial charge in [-0.05, 0) is 31.2 Å². The van der Waals surface area contributed by atoms with Crippen LogP contribution >= 0.6 is 0 Å². The zero-order valence-electron chi connectivity index (χ0n) is 17.9. The number of pyridine rings is 1. The summed E-state index contributed by atoms with van der Waals surface area (Å²) in [5, 5.41) is 14.1. The van der Waals surface area contributed by atoms with Crippen molar-refractivity contribution in [3.05, 3.63) is 93.7 Å². The van der Waals surface area contributed by atoms with Crippen LogP contribution in [0.4, 0.5) is 17.2 Å². The smallest absolute Gasteiger partial charge is 0.273 e. The summed E-state index contributed by atoms with van der Waals surface area (Å²) in [4.78, 5) is 32.2. The quantitative estimate of drug-likeness (QED) is 0.471. The van der Waals surface area contributed by atoms with Gasteiger partial charge in [0.1, 0.15) is 5.82 Å². The number of nitrogens with zero attached hydrogens (tertiary/aromatic N) is 4. The molecule has 8 nitrogen and oxygen atoms in total. The summed E-state index contributed by atoms with van der Waals surface area (Å²) < 4.78 is 0. The van der Waals surface area contributed by atoms with Crippen LogP contribution in [0.5, 0.6) is 0 Å². The number of nitro groups is 1. The Labute approximate surface area is 186 Å². The summed E-state index contributed by atoms with van der Waals surface area (Å²) in [5.41, 5.74) is 3.20. The highest BCUT2D eigenvalue weighted by molar-refractivity contribution is 6.04.